The van der Waals surface area contributed by atoms with Gasteiger partial charge in [-0.2, -0.15) is 0 Å². The summed E-state index contributed by atoms with van der Waals surface area (Å²) in [4.78, 5) is 34.2. The lowest BCUT2D eigenvalue weighted by molar-refractivity contribution is -0.129. The Bertz CT molecular complexity index is 1130. The molecule has 0 spiro atoms. The molecule has 158 valence electrons. The predicted molar refractivity (Wildman–Crippen MR) is 117 cm³/mol. The number of ether oxygens (including phenoxy) is 1. The maximum atomic E-state index is 13.1. The molecule has 31 heavy (non-hydrogen) atoms. The molecule has 1 aliphatic heterocycles. The summed E-state index contributed by atoms with van der Waals surface area (Å²) in [5.74, 6) is 1.08. The molecule has 2 aromatic heterocycles. The van der Waals surface area contributed by atoms with Crippen molar-refractivity contribution in [2.24, 2.45) is 5.92 Å². The van der Waals surface area contributed by atoms with E-state index in [1.807, 2.05) is 36.4 Å². The average molecular weight is 416 g/mol. The summed E-state index contributed by atoms with van der Waals surface area (Å²) in [5, 5.41) is 3.43. The number of fused-ring (bicyclic) bond motifs is 1. The number of anilines is 2. The third kappa shape index (κ3) is 3.91. The van der Waals surface area contributed by atoms with Crippen molar-refractivity contribution < 1.29 is 14.3 Å². The van der Waals surface area contributed by atoms with Crippen molar-refractivity contribution in [3.05, 3.63) is 60.0 Å². The Labute approximate surface area is 180 Å². The zero-order chi connectivity index (χ0) is 21.4. The Hall–Kier alpha value is -3.61. The molecule has 2 aliphatic rings. The zero-order valence-electron chi connectivity index (χ0n) is 17.4. The number of nitrogens with zero attached hydrogens (tertiary/aromatic N) is 2. The highest BCUT2D eigenvalue weighted by molar-refractivity contribution is 6.09. The third-order valence-corrected chi connectivity index (χ3v) is 5.75. The van der Waals surface area contributed by atoms with Gasteiger partial charge in [-0.3, -0.25) is 14.6 Å². The Balaban J connectivity index is 1.61. The first-order valence-corrected chi connectivity index (χ1v) is 10.5. The first kappa shape index (κ1) is 19.4. The Morgan fingerprint density at radius 2 is 2.03 bits per heavy atom. The monoisotopic (exact) mass is 416 g/mol. The highest BCUT2D eigenvalue weighted by Gasteiger charge is 2.32. The van der Waals surface area contributed by atoms with Crippen LogP contribution in [0.4, 0.5) is 11.4 Å². The lowest BCUT2D eigenvalue weighted by atomic mass is 10.0. The van der Waals surface area contributed by atoms with Gasteiger partial charge < -0.3 is 19.9 Å². The van der Waals surface area contributed by atoms with Gasteiger partial charge in [0.15, 0.2) is 5.78 Å². The van der Waals surface area contributed by atoms with Crippen molar-refractivity contribution >= 4 is 23.1 Å². The normalized spacial score (nSPS) is 15.5. The van der Waals surface area contributed by atoms with Gasteiger partial charge in [-0.05, 0) is 37.0 Å². The van der Waals surface area contributed by atoms with E-state index >= 15 is 0 Å². The molecular weight excluding hydrogens is 392 g/mol. The van der Waals surface area contributed by atoms with Crippen molar-refractivity contribution in [1.82, 2.24) is 14.9 Å². The van der Waals surface area contributed by atoms with E-state index < -0.39 is 0 Å². The minimum Gasteiger partial charge on any atom is -0.491 e. The molecule has 0 unspecified atom stereocenters. The topological polar surface area (TPSA) is 87.3 Å². The smallest absolute Gasteiger partial charge is 0.220 e. The molecule has 1 aliphatic carbocycles. The van der Waals surface area contributed by atoms with Gasteiger partial charge in [-0.15, -0.1) is 0 Å². The second-order valence-electron chi connectivity index (χ2n) is 8.14. The molecule has 1 saturated carbocycles. The van der Waals surface area contributed by atoms with Crippen LogP contribution in [0, 0.1) is 5.92 Å². The van der Waals surface area contributed by atoms with E-state index in [0.29, 0.717) is 36.1 Å². The average Bonchev–Trinajstić information content (AvgIpc) is 3.54. The number of amides is 1. The van der Waals surface area contributed by atoms with Gasteiger partial charge in [0.25, 0.3) is 0 Å². The van der Waals surface area contributed by atoms with Crippen molar-refractivity contribution in [1.29, 1.82) is 0 Å². The van der Waals surface area contributed by atoms with Gasteiger partial charge in [0.1, 0.15) is 5.75 Å². The first-order valence-electron chi connectivity index (χ1n) is 10.5. The molecule has 7 nitrogen and oxygen atoms in total. The summed E-state index contributed by atoms with van der Waals surface area (Å²) in [5.41, 5.74) is 4.51. The highest BCUT2D eigenvalue weighted by Crippen LogP contribution is 2.41. The Morgan fingerprint density at radius 1 is 1.23 bits per heavy atom. The van der Waals surface area contributed by atoms with Crippen LogP contribution in [0.25, 0.3) is 11.3 Å². The Kier molecular flexibility index (Phi) is 4.94. The number of pyridine rings is 1. The molecule has 2 N–H and O–H groups in total. The van der Waals surface area contributed by atoms with Crippen LogP contribution < -0.4 is 10.1 Å². The van der Waals surface area contributed by atoms with E-state index in [-0.39, 0.29) is 18.2 Å². The summed E-state index contributed by atoms with van der Waals surface area (Å²) >= 11 is 0. The Morgan fingerprint density at radius 3 is 2.77 bits per heavy atom. The predicted octanol–water partition coefficient (Wildman–Crippen LogP) is 4.15. The quantitative estimate of drug-likeness (QED) is 0.630. The fourth-order valence-corrected chi connectivity index (χ4v) is 3.89. The fraction of sp³-hybridized carbons (Fsp3) is 0.292. The van der Waals surface area contributed by atoms with E-state index in [0.717, 1.165) is 22.6 Å². The lowest BCUT2D eigenvalue weighted by Crippen LogP contribution is -2.38. The van der Waals surface area contributed by atoms with Gasteiger partial charge in [-0.25, -0.2) is 0 Å². The molecule has 3 aromatic rings. The number of Topliss-reactive ketones (excluding diaryl/α,β-unsaturated/α-hetero) is 1. The number of carbonyl (C=O) groups is 2. The molecule has 0 bridgehead atoms. The summed E-state index contributed by atoms with van der Waals surface area (Å²) in [7, 11) is 0. The first-order chi connectivity index (χ1) is 15.1. The van der Waals surface area contributed by atoms with Crippen LogP contribution in [0.1, 0.15) is 35.8 Å². The van der Waals surface area contributed by atoms with Crippen LogP contribution in [0.15, 0.2) is 48.8 Å². The zero-order valence-corrected chi connectivity index (χ0v) is 17.4. The second-order valence-corrected chi connectivity index (χ2v) is 8.14. The number of para-hydroxylation sites is 1. The van der Waals surface area contributed by atoms with E-state index in [1.54, 1.807) is 17.3 Å². The molecule has 1 amide bonds. The minimum absolute atomic E-state index is 0.0739. The molecule has 7 heteroatoms. The number of aromatic amines is 1. The van der Waals surface area contributed by atoms with Gasteiger partial charge in [0, 0.05) is 30.1 Å². The molecule has 1 fully saturated rings. The van der Waals surface area contributed by atoms with Gasteiger partial charge in [0.2, 0.25) is 5.91 Å². The minimum atomic E-state index is -0.120. The van der Waals surface area contributed by atoms with Crippen molar-refractivity contribution in [3.63, 3.8) is 0 Å². The molecular formula is C24H24N4O3. The van der Waals surface area contributed by atoms with E-state index in [9.17, 15) is 9.59 Å². The summed E-state index contributed by atoms with van der Waals surface area (Å²) in [6.45, 7) is 2.59. The maximum absolute atomic E-state index is 13.1. The molecule has 5 rings (SSSR count). The van der Waals surface area contributed by atoms with Crippen molar-refractivity contribution in [2.45, 2.75) is 26.3 Å². The summed E-state index contributed by atoms with van der Waals surface area (Å²) in [6.07, 6.45) is 5.83. The third-order valence-electron chi connectivity index (χ3n) is 5.75. The molecule has 3 heterocycles. The van der Waals surface area contributed by atoms with Gasteiger partial charge in [0.05, 0.1) is 42.8 Å². The van der Waals surface area contributed by atoms with Crippen LogP contribution in [-0.2, 0) is 11.3 Å². The number of benzene rings is 1. The lowest BCUT2D eigenvalue weighted by Gasteiger charge is -2.25. The molecule has 0 atom stereocenters. The van der Waals surface area contributed by atoms with Gasteiger partial charge >= 0.3 is 0 Å². The van der Waals surface area contributed by atoms with Gasteiger partial charge in [-0.1, -0.05) is 18.2 Å². The standard InChI is InChI=1S/C24H24N4O3/c1-15(29)28-12-19-22(20(30)13-28)24(26-17-5-3-2-4-6-17)23(27-19)18-9-10-25-11-21(18)31-14-16-7-8-16/h2-6,9-11,16,26-27H,7-8,12-14H2,1H3. The van der Waals surface area contributed by atoms with Crippen LogP contribution in [0.3, 0.4) is 0 Å². The number of aromatic nitrogens is 2. The van der Waals surface area contributed by atoms with Crippen LogP contribution in [0.5, 0.6) is 5.75 Å². The molecule has 0 saturated heterocycles. The summed E-state index contributed by atoms with van der Waals surface area (Å²) in [6, 6.07) is 11.6. The van der Waals surface area contributed by atoms with E-state index in [2.05, 4.69) is 15.3 Å². The second kappa shape index (κ2) is 7.91. The maximum Gasteiger partial charge on any atom is 0.220 e. The fourth-order valence-electron chi connectivity index (χ4n) is 3.89. The van der Waals surface area contributed by atoms with Crippen LogP contribution in [-0.4, -0.2) is 39.7 Å². The number of carbonyl (C=O) groups excluding carboxylic acids is 2. The molecule has 1 aromatic carbocycles. The largest absolute Gasteiger partial charge is 0.491 e. The SMILES string of the molecule is CC(=O)N1CC(=O)c2c([nH]c(-c3ccncc3OCC3CC3)c2Nc2ccccc2)C1. The van der Waals surface area contributed by atoms with Crippen LogP contribution in [0.2, 0.25) is 0 Å². The number of nitrogens with one attached hydrogen (secondary N) is 2. The number of H-pyrrole nitrogens is 1. The number of ketones is 1. The molecule has 0 radical (unpaired) electrons. The van der Waals surface area contributed by atoms with E-state index in [1.165, 1.54) is 19.8 Å². The number of hydrogen-bond acceptors (Lipinski definition) is 5. The van der Waals surface area contributed by atoms with Crippen molar-refractivity contribution in [2.75, 3.05) is 18.5 Å². The number of rotatable bonds is 6. The van der Waals surface area contributed by atoms with E-state index in [4.69, 9.17) is 4.74 Å². The number of hydrogen-bond donors (Lipinski definition) is 2. The van der Waals surface area contributed by atoms with Crippen molar-refractivity contribution in [3.8, 4) is 17.0 Å². The summed E-state index contributed by atoms with van der Waals surface area (Å²) < 4.78 is 6.08. The van der Waals surface area contributed by atoms with Crippen LogP contribution >= 0.6 is 0 Å². The highest BCUT2D eigenvalue weighted by atomic mass is 16.5.